The first-order valence-corrected chi connectivity index (χ1v) is 5.43. The van der Waals surface area contributed by atoms with E-state index >= 15 is 0 Å². The number of rotatable bonds is 5. The lowest BCUT2D eigenvalue weighted by Crippen LogP contribution is -2.29. The van der Waals surface area contributed by atoms with Crippen LogP contribution in [0, 0.1) is 13.8 Å². The largest absolute Gasteiger partial charge is 0.356 e. The van der Waals surface area contributed by atoms with Crippen molar-refractivity contribution < 1.29 is 4.79 Å². The van der Waals surface area contributed by atoms with E-state index in [1.54, 1.807) is 0 Å². The molecule has 0 saturated heterocycles. The van der Waals surface area contributed by atoms with E-state index in [0.29, 0.717) is 0 Å². The zero-order chi connectivity index (χ0) is 11.3. The van der Waals surface area contributed by atoms with Gasteiger partial charge in [-0.25, -0.2) is 0 Å². The van der Waals surface area contributed by atoms with Gasteiger partial charge in [-0.15, -0.1) is 0 Å². The van der Waals surface area contributed by atoms with Gasteiger partial charge in [-0.2, -0.15) is 0 Å². The highest BCUT2D eigenvalue weighted by atomic mass is 16.1. The Morgan fingerprint density at radius 2 is 2.07 bits per heavy atom. The lowest BCUT2D eigenvalue weighted by atomic mass is 10.00. The van der Waals surface area contributed by atoms with E-state index < -0.39 is 0 Å². The van der Waals surface area contributed by atoms with Gasteiger partial charge in [-0.1, -0.05) is 25.1 Å². The third kappa shape index (κ3) is 3.39. The lowest BCUT2D eigenvalue weighted by Gasteiger charge is -2.14. The Bertz CT molecular complexity index is 333. The zero-order valence-electron chi connectivity index (χ0n) is 9.71. The first-order chi connectivity index (χ1) is 7.17. The number of nitrogens with one attached hydrogen (secondary N) is 1. The van der Waals surface area contributed by atoms with Gasteiger partial charge < -0.3 is 5.32 Å². The lowest BCUT2D eigenvalue weighted by molar-refractivity contribution is -0.110. The summed E-state index contributed by atoms with van der Waals surface area (Å²) in [6.45, 7) is 6.31. The summed E-state index contributed by atoms with van der Waals surface area (Å²) in [5.41, 5.74) is 3.92. The highest BCUT2D eigenvalue weighted by Crippen LogP contribution is 2.12. The van der Waals surface area contributed by atoms with Crippen molar-refractivity contribution in [3.8, 4) is 0 Å². The Kier molecular flexibility index (Phi) is 4.35. The van der Waals surface area contributed by atoms with Crippen molar-refractivity contribution in [2.75, 3.05) is 0 Å². The number of hydrogen-bond acceptors (Lipinski definition) is 1. The van der Waals surface area contributed by atoms with Crippen LogP contribution in [-0.2, 0) is 11.2 Å². The molecule has 0 spiro atoms. The van der Waals surface area contributed by atoms with Gasteiger partial charge in [-0.3, -0.25) is 4.79 Å². The Labute approximate surface area is 91.7 Å². The molecule has 1 atom stereocenters. The maximum Gasteiger partial charge on any atom is 0.207 e. The van der Waals surface area contributed by atoms with Gasteiger partial charge in [0.25, 0.3) is 0 Å². The van der Waals surface area contributed by atoms with Gasteiger partial charge in [0.2, 0.25) is 6.41 Å². The van der Waals surface area contributed by atoms with Crippen molar-refractivity contribution in [2.24, 2.45) is 0 Å². The molecule has 1 rings (SSSR count). The van der Waals surface area contributed by atoms with E-state index in [2.05, 4.69) is 44.3 Å². The molecule has 0 radical (unpaired) electrons. The van der Waals surface area contributed by atoms with Crippen molar-refractivity contribution in [3.63, 3.8) is 0 Å². The molecule has 1 aromatic carbocycles. The van der Waals surface area contributed by atoms with Gasteiger partial charge in [0.15, 0.2) is 0 Å². The Morgan fingerprint density at radius 1 is 1.33 bits per heavy atom. The van der Waals surface area contributed by atoms with E-state index in [0.717, 1.165) is 19.3 Å². The number of amides is 1. The van der Waals surface area contributed by atoms with Crippen LogP contribution < -0.4 is 5.32 Å². The molecule has 0 saturated carbocycles. The molecule has 0 aliphatic rings. The van der Waals surface area contributed by atoms with Crippen LogP contribution in [0.15, 0.2) is 18.2 Å². The van der Waals surface area contributed by atoms with Crippen molar-refractivity contribution in [2.45, 2.75) is 39.7 Å². The Hall–Kier alpha value is -1.31. The summed E-state index contributed by atoms with van der Waals surface area (Å²) >= 11 is 0. The van der Waals surface area contributed by atoms with Crippen molar-refractivity contribution in [3.05, 3.63) is 34.9 Å². The van der Waals surface area contributed by atoms with E-state index in [9.17, 15) is 4.79 Å². The minimum absolute atomic E-state index is 0.254. The fourth-order valence-electron chi connectivity index (χ4n) is 1.63. The molecule has 0 aliphatic carbocycles. The molecule has 2 heteroatoms. The molecule has 0 heterocycles. The normalized spacial score (nSPS) is 12.2. The topological polar surface area (TPSA) is 29.1 Å². The maximum absolute atomic E-state index is 10.4. The minimum atomic E-state index is 0.254. The molecule has 1 aromatic rings. The van der Waals surface area contributed by atoms with Crippen LogP contribution >= 0.6 is 0 Å². The average molecular weight is 205 g/mol. The third-order valence-corrected chi connectivity index (χ3v) is 2.85. The van der Waals surface area contributed by atoms with Crippen LogP contribution in [0.5, 0.6) is 0 Å². The number of carbonyl (C=O) groups is 1. The molecule has 0 aromatic heterocycles. The van der Waals surface area contributed by atoms with Crippen molar-refractivity contribution >= 4 is 6.41 Å². The van der Waals surface area contributed by atoms with Crippen LogP contribution in [-0.4, -0.2) is 12.5 Å². The molecule has 0 aliphatic heterocycles. The second kappa shape index (κ2) is 5.54. The summed E-state index contributed by atoms with van der Waals surface area (Å²) in [6.07, 6.45) is 2.66. The van der Waals surface area contributed by atoms with Crippen LogP contribution in [0.2, 0.25) is 0 Å². The van der Waals surface area contributed by atoms with Gasteiger partial charge in [0, 0.05) is 6.04 Å². The highest BCUT2D eigenvalue weighted by Gasteiger charge is 2.06. The smallest absolute Gasteiger partial charge is 0.207 e. The monoisotopic (exact) mass is 205 g/mol. The molecular weight excluding hydrogens is 186 g/mol. The summed E-state index contributed by atoms with van der Waals surface area (Å²) in [7, 11) is 0. The van der Waals surface area contributed by atoms with Crippen LogP contribution in [0.3, 0.4) is 0 Å². The van der Waals surface area contributed by atoms with Crippen LogP contribution in [0.4, 0.5) is 0 Å². The standard InChI is InChI=1S/C13H19NO/c1-4-13(14-9-15)8-12-6-5-10(2)11(3)7-12/h5-7,9,13H,4,8H2,1-3H3,(H,14,15)/t13-/m1/s1. The molecule has 0 bridgehead atoms. The third-order valence-electron chi connectivity index (χ3n) is 2.85. The van der Waals surface area contributed by atoms with Crippen molar-refractivity contribution in [1.82, 2.24) is 5.32 Å². The average Bonchev–Trinajstić information content (AvgIpc) is 2.23. The van der Waals surface area contributed by atoms with E-state index in [1.807, 2.05) is 0 Å². The van der Waals surface area contributed by atoms with Crippen LogP contribution in [0.1, 0.15) is 30.0 Å². The summed E-state index contributed by atoms with van der Waals surface area (Å²) in [4.78, 5) is 10.4. The van der Waals surface area contributed by atoms with Crippen LogP contribution in [0.25, 0.3) is 0 Å². The predicted octanol–water partition coefficient (Wildman–Crippen LogP) is 2.37. The second-order valence-corrected chi connectivity index (χ2v) is 4.01. The summed E-state index contributed by atoms with van der Waals surface area (Å²) in [5.74, 6) is 0. The number of benzene rings is 1. The van der Waals surface area contributed by atoms with E-state index in [1.165, 1.54) is 16.7 Å². The number of carbonyl (C=O) groups excluding carboxylic acids is 1. The second-order valence-electron chi connectivity index (χ2n) is 4.01. The highest BCUT2D eigenvalue weighted by molar-refractivity contribution is 5.46. The summed E-state index contributed by atoms with van der Waals surface area (Å²) in [6, 6.07) is 6.73. The molecule has 2 nitrogen and oxygen atoms in total. The number of aryl methyl sites for hydroxylation is 2. The van der Waals surface area contributed by atoms with Gasteiger partial charge in [0.05, 0.1) is 0 Å². The first kappa shape index (κ1) is 11.8. The molecule has 1 amide bonds. The predicted molar refractivity (Wildman–Crippen MR) is 62.9 cm³/mol. The van der Waals surface area contributed by atoms with E-state index in [4.69, 9.17) is 0 Å². The summed E-state index contributed by atoms with van der Waals surface area (Å²) < 4.78 is 0. The zero-order valence-corrected chi connectivity index (χ0v) is 9.71. The maximum atomic E-state index is 10.4. The van der Waals surface area contributed by atoms with Gasteiger partial charge in [-0.05, 0) is 43.4 Å². The molecule has 1 N–H and O–H groups in total. The fourth-order valence-corrected chi connectivity index (χ4v) is 1.63. The SMILES string of the molecule is CC[C@H](Cc1ccc(C)c(C)c1)NC=O. The summed E-state index contributed by atoms with van der Waals surface area (Å²) in [5, 5.41) is 2.83. The molecule has 0 fully saturated rings. The molecule has 82 valence electrons. The molecular formula is C13H19NO. The molecule has 15 heavy (non-hydrogen) atoms. The quantitative estimate of drug-likeness (QED) is 0.735. The number of hydrogen-bond donors (Lipinski definition) is 1. The first-order valence-electron chi connectivity index (χ1n) is 5.43. The van der Waals surface area contributed by atoms with E-state index in [-0.39, 0.29) is 6.04 Å². The Morgan fingerprint density at radius 3 is 2.60 bits per heavy atom. The van der Waals surface area contributed by atoms with Gasteiger partial charge >= 0.3 is 0 Å². The molecule has 0 unspecified atom stereocenters. The van der Waals surface area contributed by atoms with Gasteiger partial charge in [0.1, 0.15) is 0 Å². The van der Waals surface area contributed by atoms with Crippen molar-refractivity contribution in [1.29, 1.82) is 0 Å². The minimum Gasteiger partial charge on any atom is -0.356 e. The fraction of sp³-hybridized carbons (Fsp3) is 0.462. The Balaban J connectivity index is 2.70.